The van der Waals surface area contributed by atoms with Crippen LogP contribution in [0.3, 0.4) is 0 Å². The van der Waals surface area contributed by atoms with Gasteiger partial charge in [-0.3, -0.25) is 0 Å². The zero-order valence-corrected chi connectivity index (χ0v) is 28.1. The summed E-state index contributed by atoms with van der Waals surface area (Å²) in [7, 11) is -7.08. The number of benzene rings is 1. The molecule has 0 heterocycles. The van der Waals surface area contributed by atoms with Gasteiger partial charge in [0.15, 0.2) is 25.0 Å². The van der Waals surface area contributed by atoms with Crippen molar-refractivity contribution in [3.05, 3.63) is 28.8 Å². The molecule has 0 aliphatic heterocycles. The minimum absolute atomic E-state index is 0.129. The van der Waals surface area contributed by atoms with E-state index >= 15 is 0 Å². The molecule has 0 fully saturated rings. The number of isocyanates is 1. The second-order valence-electron chi connectivity index (χ2n) is 14.3. The average molecular weight is 552 g/mol. The van der Waals surface area contributed by atoms with Crippen LogP contribution in [0.2, 0.25) is 54.4 Å². The van der Waals surface area contributed by atoms with Crippen molar-refractivity contribution in [2.45, 2.75) is 134 Å². The monoisotopic (exact) mass is 551 g/mol. The lowest BCUT2D eigenvalue weighted by atomic mass is 9.90. The molecule has 0 atom stereocenters. The van der Waals surface area contributed by atoms with Crippen LogP contribution < -0.4 is 0 Å². The predicted octanol–water partition coefficient (Wildman–Crippen LogP) is 7.38. The van der Waals surface area contributed by atoms with Crippen LogP contribution in [0.25, 0.3) is 0 Å². The zero-order chi connectivity index (χ0) is 28.4. The number of hydrogen-bond acceptors (Lipinski definition) is 5. The van der Waals surface area contributed by atoms with E-state index in [1.807, 2.05) is 39.3 Å². The van der Waals surface area contributed by atoms with Gasteiger partial charge in [0, 0.05) is 0 Å². The number of rotatable bonds is 13. The zero-order valence-electron chi connectivity index (χ0n) is 25.1. The SMILES string of the molecule is CC(C)(CCc1cc(CCC(C)(C)[Si](C)(C)O)c(N=C=O)c(CCC(C)(C)[Si](C)(C)O)c1)[Si](C)(C)O. The fourth-order valence-corrected chi connectivity index (χ4v) is 6.03. The molecule has 206 valence electrons. The molecule has 0 spiro atoms. The van der Waals surface area contributed by atoms with Crippen molar-refractivity contribution in [1.29, 1.82) is 0 Å². The first-order chi connectivity index (χ1) is 16.0. The van der Waals surface area contributed by atoms with Gasteiger partial charge in [-0.1, -0.05) is 53.7 Å². The number of aliphatic imine (C=N–C) groups is 1. The summed E-state index contributed by atoms with van der Waals surface area (Å²) in [6.07, 6.45) is 6.54. The van der Waals surface area contributed by atoms with Gasteiger partial charge in [-0.2, -0.15) is 4.99 Å². The predicted molar refractivity (Wildman–Crippen MR) is 160 cm³/mol. The van der Waals surface area contributed by atoms with Gasteiger partial charge in [0.2, 0.25) is 6.08 Å². The highest BCUT2D eigenvalue weighted by Gasteiger charge is 2.40. The molecule has 8 heteroatoms. The topological polar surface area (TPSA) is 90.1 Å². The lowest BCUT2D eigenvalue weighted by Gasteiger charge is -2.36. The summed E-state index contributed by atoms with van der Waals surface area (Å²) in [5.74, 6) is 0. The van der Waals surface area contributed by atoms with E-state index in [9.17, 15) is 19.2 Å². The van der Waals surface area contributed by atoms with Crippen LogP contribution >= 0.6 is 0 Å². The Morgan fingerprint density at radius 3 is 1.25 bits per heavy atom. The first kappa shape index (κ1) is 33.2. The fraction of sp³-hybridized carbons (Fsp3) is 0.750. The maximum atomic E-state index is 11.5. The molecular formula is C28H53NO4Si3. The van der Waals surface area contributed by atoms with E-state index in [0.717, 1.165) is 49.7 Å². The van der Waals surface area contributed by atoms with E-state index in [0.29, 0.717) is 5.69 Å². The third-order valence-electron chi connectivity index (χ3n) is 9.53. The van der Waals surface area contributed by atoms with Crippen LogP contribution in [0, 0.1) is 0 Å². The molecule has 0 aromatic heterocycles. The smallest absolute Gasteiger partial charge is 0.240 e. The van der Waals surface area contributed by atoms with Gasteiger partial charge in [-0.25, -0.2) is 4.79 Å². The molecule has 0 amide bonds. The molecule has 1 rings (SSSR count). The van der Waals surface area contributed by atoms with Crippen molar-refractivity contribution >= 4 is 36.7 Å². The van der Waals surface area contributed by atoms with Crippen molar-refractivity contribution in [2.24, 2.45) is 4.99 Å². The maximum Gasteiger partial charge on any atom is 0.240 e. The Bertz CT molecular complexity index is 894. The average Bonchev–Trinajstić information content (AvgIpc) is 2.68. The quantitative estimate of drug-likeness (QED) is 0.135. The molecule has 5 nitrogen and oxygen atoms in total. The highest BCUT2D eigenvalue weighted by atomic mass is 28.4. The summed E-state index contributed by atoms with van der Waals surface area (Å²) in [4.78, 5) is 48.1. The Hall–Kier alpha value is -0.869. The van der Waals surface area contributed by atoms with Gasteiger partial charge in [0.05, 0.1) is 5.69 Å². The third-order valence-corrected chi connectivity index (χ3v) is 20.2. The largest absolute Gasteiger partial charge is 0.432 e. The van der Waals surface area contributed by atoms with E-state index in [2.05, 4.69) is 58.7 Å². The highest BCUT2D eigenvalue weighted by Crippen LogP contribution is 2.44. The first-order valence-electron chi connectivity index (χ1n) is 13.3. The molecule has 3 N–H and O–H groups in total. The Morgan fingerprint density at radius 2 is 0.972 bits per heavy atom. The van der Waals surface area contributed by atoms with E-state index in [1.165, 1.54) is 5.56 Å². The Labute approximate surface area is 223 Å². The van der Waals surface area contributed by atoms with Crippen LogP contribution in [0.15, 0.2) is 17.1 Å². The van der Waals surface area contributed by atoms with Crippen LogP contribution in [0.4, 0.5) is 5.69 Å². The molecule has 36 heavy (non-hydrogen) atoms. The van der Waals surface area contributed by atoms with Gasteiger partial charge < -0.3 is 14.4 Å². The Morgan fingerprint density at radius 1 is 0.667 bits per heavy atom. The Kier molecular flexibility index (Phi) is 10.6. The Balaban J connectivity index is 3.51. The van der Waals surface area contributed by atoms with Gasteiger partial charge >= 0.3 is 0 Å². The van der Waals surface area contributed by atoms with Crippen molar-refractivity contribution in [1.82, 2.24) is 0 Å². The number of aryl methyl sites for hydroxylation is 3. The summed E-state index contributed by atoms with van der Waals surface area (Å²) in [6, 6.07) is 4.33. The molecule has 0 bridgehead atoms. The molecule has 1 aromatic carbocycles. The van der Waals surface area contributed by atoms with Gasteiger partial charge in [0.1, 0.15) is 0 Å². The van der Waals surface area contributed by atoms with Crippen molar-refractivity contribution in [3.63, 3.8) is 0 Å². The third kappa shape index (κ3) is 8.58. The minimum Gasteiger partial charge on any atom is -0.432 e. The number of nitrogens with zero attached hydrogens (tertiary/aromatic N) is 1. The standard InChI is InChI=1S/C28H53NO4Si3/c1-26(2,34(7,8)31)16-13-22-19-23(14-17-27(3,4)35(9,10)32)25(29-21-30)24(20-22)15-18-28(5,6)36(11,12)33/h19-20,31-33H,13-18H2,1-12H3. The summed E-state index contributed by atoms with van der Waals surface area (Å²) in [5.41, 5.74) is 3.93. The van der Waals surface area contributed by atoms with E-state index in [1.54, 1.807) is 6.08 Å². The van der Waals surface area contributed by atoms with Gasteiger partial charge in [0.25, 0.3) is 0 Å². The number of carbonyl (C=O) groups excluding carboxylic acids is 1. The molecule has 0 aliphatic carbocycles. The molecule has 0 saturated carbocycles. The van der Waals surface area contributed by atoms with Crippen LogP contribution in [0.5, 0.6) is 0 Å². The maximum absolute atomic E-state index is 11.5. The lowest BCUT2D eigenvalue weighted by Crippen LogP contribution is -2.39. The second kappa shape index (κ2) is 11.5. The van der Waals surface area contributed by atoms with Crippen LogP contribution in [0.1, 0.15) is 77.5 Å². The summed E-state index contributed by atoms with van der Waals surface area (Å²) in [5, 5.41) is -0.501. The van der Waals surface area contributed by atoms with Crippen molar-refractivity contribution in [3.8, 4) is 0 Å². The molecule has 0 unspecified atom stereocenters. The van der Waals surface area contributed by atoms with E-state index in [4.69, 9.17) is 0 Å². The summed E-state index contributed by atoms with van der Waals surface area (Å²) < 4.78 is 0. The van der Waals surface area contributed by atoms with E-state index in [-0.39, 0.29) is 15.1 Å². The van der Waals surface area contributed by atoms with Crippen molar-refractivity contribution in [2.75, 3.05) is 0 Å². The summed E-state index contributed by atoms with van der Waals surface area (Å²) >= 11 is 0. The van der Waals surface area contributed by atoms with Crippen molar-refractivity contribution < 1.29 is 19.2 Å². The van der Waals surface area contributed by atoms with E-state index < -0.39 is 25.0 Å². The molecule has 1 aromatic rings. The van der Waals surface area contributed by atoms with Gasteiger partial charge in [-0.05, 0) is 110 Å². The molecule has 0 radical (unpaired) electrons. The fourth-order valence-electron chi connectivity index (χ4n) is 3.82. The highest BCUT2D eigenvalue weighted by molar-refractivity contribution is 6.73. The summed E-state index contributed by atoms with van der Waals surface area (Å²) in [6.45, 7) is 24.7. The number of hydrogen-bond donors (Lipinski definition) is 3. The van der Waals surface area contributed by atoms with Crippen LogP contribution in [-0.2, 0) is 24.1 Å². The first-order valence-corrected chi connectivity index (χ1v) is 22.2. The molecule has 0 aliphatic rings. The second-order valence-corrected chi connectivity index (χ2v) is 27.7. The van der Waals surface area contributed by atoms with Gasteiger partial charge in [-0.15, -0.1) is 0 Å². The molecule has 0 saturated heterocycles. The minimum atomic E-state index is -2.38. The lowest BCUT2D eigenvalue weighted by molar-refractivity contribution is 0.449. The molecular weight excluding hydrogens is 499 g/mol. The van der Waals surface area contributed by atoms with Crippen LogP contribution in [-0.4, -0.2) is 45.4 Å². The normalized spacial score (nSPS) is 14.1.